The predicted molar refractivity (Wildman–Crippen MR) is 99.9 cm³/mol. The molecule has 1 N–H and O–H groups in total. The SMILES string of the molecule is CC(=O)c1ccc(Cn2ccc(NC(=O)c3ncoc3-c3ccccc3)n2)o1. The summed E-state index contributed by atoms with van der Waals surface area (Å²) in [5.41, 5.74) is 0.938. The minimum Gasteiger partial charge on any atom is -0.456 e. The highest BCUT2D eigenvalue weighted by Gasteiger charge is 2.19. The van der Waals surface area contributed by atoms with E-state index < -0.39 is 5.91 Å². The molecule has 0 atom stereocenters. The molecule has 8 nitrogen and oxygen atoms in total. The number of oxazole rings is 1. The number of Topliss-reactive ketones (excluding diaryl/α,β-unsaturated/α-hetero) is 1. The smallest absolute Gasteiger partial charge is 0.279 e. The lowest BCUT2D eigenvalue weighted by molar-refractivity contribution is 0.0983. The van der Waals surface area contributed by atoms with Crippen LogP contribution < -0.4 is 5.32 Å². The van der Waals surface area contributed by atoms with Crippen molar-refractivity contribution in [2.45, 2.75) is 13.5 Å². The lowest BCUT2D eigenvalue weighted by Gasteiger charge is -2.02. The summed E-state index contributed by atoms with van der Waals surface area (Å²) in [7, 11) is 0. The van der Waals surface area contributed by atoms with Gasteiger partial charge in [0.15, 0.2) is 35.2 Å². The maximum absolute atomic E-state index is 12.6. The van der Waals surface area contributed by atoms with E-state index in [2.05, 4.69) is 15.4 Å². The standard InChI is InChI=1S/C20H16N4O4/c1-13(25)16-8-7-15(28-16)11-24-10-9-17(23-24)22-20(26)18-19(27-12-21-18)14-5-3-2-4-6-14/h2-10,12H,11H2,1H3,(H,22,23,26). The molecule has 4 aromatic rings. The van der Waals surface area contributed by atoms with Gasteiger partial charge in [0.05, 0.1) is 6.54 Å². The Morgan fingerprint density at radius 2 is 1.93 bits per heavy atom. The Morgan fingerprint density at radius 1 is 1.11 bits per heavy atom. The molecule has 0 aliphatic rings. The van der Waals surface area contributed by atoms with Gasteiger partial charge in [-0.1, -0.05) is 30.3 Å². The molecule has 4 rings (SSSR count). The van der Waals surface area contributed by atoms with Crippen LogP contribution in [0, 0.1) is 0 Å². The second-order valence-electron chi connectivity index (χ2n) is 6.07. The summed E-state index contributed by atoms with van der Waals surface area (Å²) in [5, 5.41) is 7.00. The Kier molecular flexibility index (Phi) is 4.59. The van der Waals surface area contributed by atoms with E-state index in [1.54, 1.807) is 29.1 Å². The number of rotatable bonds is 6. The Labute approximate surface area is 159 Å². The van der Waals surface area contributed by atoms with Crippen LogP contribution in [-0.4, -0.2) is 26.5 Å². The van der Waals surface area contributed by atoms with Crippen LogP contribution in [0.3, 0.4) is 0 Å². The molecule has 140 valence electrons. The van der Waals surface area contributed by atoms with Crippen molar-refractivity contribution >= 4 is 17.5 Å². The first-order valence-electron chi connectivity index (χ1n) is 8.53. The molecule has 3 heterocycles. The number of anilines is 1. The van der Waals surface area contributed by atoms with E-state index in [0.717, 1.165) is 5.56 Å². The summed E-state index contributed by atoms with van der Waals surface area (Å²) in [6.45, 7) is 1.78. The van der Waals surface area contributed by atoms with E-state index in [1.165, 1.54) is 13.3 Å². The van der Waals surface area contributed by atoms with E-state index in [-0.39, 0.29) is 11.5 Å². The van der Waals surface area contributed by atoms with Crippen LogP contribution in [0.25, 0.3) is 11.3 Å². The fourth-order valence-electron chi connectivity index (χ4n) is 2.71. The molecule has 28 heavy (non-hydrogen) atoms. The second-order valence-corrected chi connectivity index (χ2v) is 6.07. The topological polar surface area (TPSA) is 103 Å². The highest BCUT2D eigenvalue weighted by atomic mass is 16.3. The van der Waals surface area contributed by atoms with Crippen LogP contribution >= 0.6 is 0 Å². The summed E-state index contributed by atoms with van der Waals surface area (Å²) < 4.78 is 12.4. The zero-order valence-corrected chi connectivity index (χ0v) is 15.0. The minimum absolute atomic E-state index is 0.137. The van der Waals surface area contributed by atoms with Crippen molar-refractivity contribution in [1.82, 2.24) is 14.8 Å². The Balaban J connectivity index is 1.46. The predicted octanol–water partition coefficient (Wildman–Crippen LogP) is 3.63. The first-order chi connectivity index (χ1) is 13.6. The third-order valence-corrected chi connectivity index (χ3v) is 4.03. The van der Waals surface area contributed by atoms with Gasteiger partial charge in [0.2, 0.25) is 0 Å². The van der Waals surface area contributed by atoms with Crippen LogP contribution in [-0.2, 0) is 6.54 Å². The van der Waals surface area contributed by atoms with Crippen LogP contribution in [0.5, 0.6) is 0 Å². The van der Waals surface area contributed by atoms with Crippen molar-refractivity contribution in [3.05, 3.63) is 78.3 Å². The van der Waals surface area contributed by atoms with Crippen molar-refractivity contribution in [2.75, 3.05) is 5.32 Å². The normalized spacial score (nSPS) is 10.8. The molecule has 0 fully saturated rings. The van der Waals surface area contributed by atoms with Crippen molar-refractivity contribution in [1.29, 1.82) is 0 Å². The summed E-state index contributed by atoms with van der Waals surface area (Å²) in [4.78, 5) is 27.9. The van der Waals surface area contributed by atoms with Crippen LogP contribution in [0.2, 0.25) is 0 Å². The number of carbonyl (C=O) groups is 2. The van der Waals surface area contributed by atoms with E-state index in [1.807, 2.05) is 30.3 Å². The van der Waals surface area contributed by atoms with Gasteiger partial charge < -0.3 is 14.2 Å². The second kappa shape index (κ2) is 7.36. The van der Waals surface area contributed by atoms with Gasteiger partial charge >= 0.3 is 0 Å². The van der Waals surface area contributed by atoms with Gasteiger partial charge in [0, 0.05) is 24.8 Å². The van der Waals surface area contributed by atoms with Crippen LogP contribution in [0.15, 0.2) is 70.0 Å². The zero-order valence-electron chi connectivity index (χ0n) is 15.0. The largest absolute Gasteiger partial charge is 0.456 e. The molecule has 3 aromatic heterocycles. The van der Waals surface area contributed by atoms with Crippen molar-refractivity contribution in [3.8, 4) is 11.3 Å². The van der Waals surface area contributed by atoms with Crippen molar-refractivity contribution in [2.24, 2.45) is 0 Å². The Hall–Kier alpha value is -3.94. The Bertz CT molecular complexity index is 1120. The third-order valence-electron chi connectivity index (χ3n) is 4.03. The van der Waals surface area contributed by atoms with Crippen LogP contribution in [0.1, 0.15) is 33.7 Å². The van der Waals surface area contributed by atoms with Crippen molar-refractivity contribution < 1.29 is 18.4 Å². The fourth-order valence-corrected chi connectivity index (χ4v) is 2.71. The molecule has 1 aromatic carbocycles. The third kappa shape index (κ3) is 3.61. The fraction of sp³-hybridized carbons (Fsp3) is 0.100. The van der Waals surface area contributed by atoms with Gasteiger partial charge in [-0.2, -0.15) is 5.10 Å². The first kappa shape index (κ1) is 17.5. The molecule has 0 radical (unpaired) electrons. The average Bonchev–Trinajstić information content (AvgIpc) is 3.43. The van der Waals surface area contributed by atoms with Gasteiger partial charge in [0.25, 0.3) is 5.91 Å². The number of hydrogen-bond donors (Lipinski definition) is 1. The van der Waals surface area contributed by atoms with E-state index in [4.69, 9.17) is 8.83 Å². The number of hydrogen-bond acceptors (Lipinski definition) is 6. The first-order valence-corrected chi connectivity index (χ1v) is 8.53. The highest BCUT2D eigenvalue weighted by molar-refractivity contribution is 6.05. The molecule has 0 bridgehead atoms. The van der Waals surface area contributed by atoms with E-state index in [0.29, 0.717) is 29.6 Å². The molecule has 0 spiro atoms. The maximum atomic E-state index is 12.6. The summed E-state index contributed by atoms with van der Waals surface area (Å²) in [6.07, 6.45) is 2.94. The molecule has 0 aliphatic heterocycles. The zero-order chi connectivity index (χ0) is 19.5. The number of nitrogens with zero attached hydrogens (tertiary/aromatic N) is 3. The molecule has 0 saturated heterocycles. The summed E-state index contributed by atoms with van der Waals surface area (Å²) in [6, 6.07) is 14.3. The lowest BCUT2D eigenvalue weighted by atomic mass is 10.1. The monoisotopic (exact) mass is 376 g/mol. The van der Waals surface area contributed by atoms with Gasteiger partial charge in [-0.05, 0) is 12.1 Å². The molecule has 8 heteroatoms. The summed E-state index contributed by atoms with van der Waals surface area (Å²) >= 11 is 0. The molecule has 0 aliphatic carbocycles. The van der Waals surface area contributed by atoms with Gasteiger partial charge in [-0.3, -0.25) is 14.3 Å². The number of carbonyl (C=O) groups excluding carboxylic acids is 2. The van der Waals surface area contributed by atoms with Gasteiger partial charge in [-0.25, -0.2) is 4.98 Å². The molecule has 1 amide bonds. The number of benzene rings is 1. The van der Waals surface area contributed by atoms with E-state index in [9.17, 15) is 9.59 Å². The maximum Gasteiger partial charge on any atom is 0.279 e. The average molecular weight is 376 g/mol. The molecular weight excluding hydrogens is 360 g/mol. The number of ketones is 1. The molecule has 0 unspecified atom stereocenters. The number of nitrogens with one attached hydrogen (secondary N) is 1. The van der Waals surface area contributed by atoms with Crippen LogP contribution in [0.4, 0.5) is 5.82 Å². The minimum atomic E-state index is -0.422. The number of furan rings is 1. The van der Waals surface area contributed by atoms with Gasteiger partial charge in [-0.15, -0.1) is 0 Å². The quantitative estimate of drug-likeness (QED) is 0.515. The highest BCUT2D eigenvalue weighted by Crippen LogP contribution is 2.23. The lowest BCUT2D eigenvalue weighted by Crippen LogP contribution is -2.14. The van der Waals surface area contributed by atoms with E-state index >= 15 is 0 Å². The van der Waals surface area contributed by atoms with Gasteiger partial charge in [0.1, 0.15) is 5.76 Å². The number of amides is 1. The number of aromatic nitrogens is 3. The Morgan fingerprint density at radius 3 is 2.68 bits per heavy atom. The van der Waals surface area contributed by atoms with Crippen molar-refractivity contribution in [3.63, 3.8) is 0 Å². The summed E-state index contributed by atoms with van der Waals surface area (Å²) in [5.74, 6) is 1.09. The molecule has 0 saturated carbocycles. The molecular formula is C20H16N4O4.